The van der Waals surface area contributed by atoms with Gasteiger partial charge in [0.25, 0.3) is 0 Å². The Bertz CT molecular complexity index is 285. The molecule has 15 heavy (non-hydrogen) atoms. The highest BCUT2D eigenvalue weighted by molar-refractivity contribution is 7.10. The zero-order chi connectivity index (χ0) is 11.3. The van der Waals surface area contributed by atoms with Gasteiger partial charge in [0.05, 0.1) is 0 Å². The van der Waals surface area contributed by atoms with E-state index in [4.69, 9.17) is 5.11 Å². The SMILES string of the molecule is Cc1ccsc1C(C)NC(C)CCCO. The summed E-state index contributed by atoms with van der Waals surface area (Å²) in [5, 5.41) is 14.4. The molecule has 0 bridgehead atoms. The Kier molecular flexibility index (Phi) is 5.29. The van der Waals surface area contributed by atoms with E-state index in [0.29, 0.717) is 18.7 Å². The Balaban J connectivity index is 2.42. The summed E-state index contributed by atoms with van der Waals surface area (Å²) < 4.78 is 0. The molecule has 0 amide bonds. The molecular formula is C12H21NOS. The van der Waals surface area contributed by atoms with Crippen molar-refractivity contribution in [2.24, 2.45) is 0 Å². The topological polar surface area (TPSA) is 32.3 Å². The van der Waals surface area contributed by atoms with E-state index < -0.39 is 0 Å². The van der Waals surface area contributed by atoms with Gasteiger partial charge in [0, 0.05) is 23.6 Å². The zero-order valence-electron chi connectivity index (χ0n) is 9.79. The van der Waals surface area contributed by atoms with Crippen LogP contribution in [-0.2, 0) is 0 Å². The molecular weight excluding hydrogens is 206 g/mol. The van der Waals surface area contributed by atoms with Gasteiger partial charge >= 0.3 is 0 Å². The monoisotopic (exact) mass is 227 g/mol. The maximum absolute atomic E-state index is 8.75. The molecule has 0 radical (unpaired) electrons. The molecule has 3 heteroatoms. The van der Waals surface area contributed by atoms with E-state index in [9.17, 15) is 0 Å². The number of hydrogen-bond acceptors (Lipinski definition) is 3. The van der Waals surface area contributed by atoms with Crippen LogP contribution in [0.3, 0.4) is 0 Å². The Morgan fingerprint density at radius 3 is 2.73 bits per heavy atom. The molecule has 86 valence electrons. The lowest BCUT2D eigenvalue weighted by molar-refractivity contribution is 0.274. The summed E-state index contributed by atoms with van der Waals surface area (Å²) in [6.07, 6.45) is 1.91. The van der Waals surface area contributed by atoms with E-state index in [2.05, 4.69) is 37.5 Å². The number of thiophene rings is 1. The molecule has 0 saturated carbocycles. The van der Waals surface area contributed by atoms with Crippen LogP contribution < -0.4 is 5.32 Å². The highest BCUT2D eigenvalue weighted by Crippen LogP contribution is 2.23. The third-order valence-corrected chi connectivity index (χ3v) is 3.83. The summed E-state index contributed by atoms with van der Waals surface area (Å²) in [5.74, 6) is 0. The Morgan fingerprint density at radius 1 is 1.47 bits per heavy atom. The quantitative estimate of drug-likeness (QED) is 0.783. The molecule has 2 atom stereocenters. The van der Waals surface area contributed by atoms with Gasteiger partial charge in [-0.2, -0.15) is 0 Å². The van der Waals surface area contributed by atoms with E-state index in [-0.39, 0.29) is 0 Å². The molecule has 0 aliphatic heterocycles. The van der Waals surface area contributed by atoms with Crippen molar-refractivity contribution in [1.29, 1.82) is 0 Å². The summed E-state index contributed by atoms with van der Waals surface area (Å²) in [4.78, 5) is 1.42. The van der Waals surface area contributed by atoms with Crippen LogP contribution in [0.5, 0.6) is 0 Å². The van der Waals surface area contributed by atoms with Crippen LogP contribution in [0.15, 0.2) is 11.4 Å². The van der Waals surface area contributed by atoms with E-state index in [1.54, 1.807) is 0 Å². The van der Waals surface area contributed by atoms with Crippen LogP contribution in [0.2, 0.25) is 0 Å². The average Bonchev–Trinajstić information content (AvgIpc) is 2.61. The van der Waals surface area contributed by atoms with Crippen molar-refractivity contribution in [3.63, 3.8) is 0 Å². The number of rotatable bonds is 6. The second-order valence-corrected chi connectivity index (χ2v) is 5.07. The van der Waals surface area contributed by atoms with Crippen molar-refractivity contribution in [3.05, 3.63) is 21.9 Å². The molecule has 2 nitrogen and oxygen atoms in total. The van der Waals surface area contributed by atoms with E-state index in [1.807, 2.05) is 11.3 Å². The summed E-state index contributed by atoms with van der Waals surface area (Å²) in [6, 6.07) is 3.05. The maximum atomic E-state index is 8.75. The molecule has 1 aromatic heterocycles. The van der Waals surface area contributed by atoms with Crippen molar-refractivity contribution in [3.8, 4) is 0 Å². The smallest absolute Gasteiger partial charge is 0.0431 e. The first-order valence-corrected chi connectivity index (χ1v) is 6.44. The molecule has 1 heterocycles. The van der Waals surface area contributed by atoms with Crippen LogP contribution in [0.4, 0.5) is 0 Å². The standard InChI is InChI=1S/C12H21NOS/c1-9-6-8-15-12(9)11(3)13-10(2)5-4-7-14/h6,8,10-11,13-14H,4-5,7H2,1-3H3. The first-order chi connectivity index (χ1) is 7.15. The number of aliphatic hydroxyl groups is 1. The summed E-state index contributed by atoms with van der Waals surface area (Å²) in [7, 11) is 0. The van der Waals surface area contributed by atoms with Crippen molar-refractivity contribution in [2.45, 2.75) is 45.7 Å². The molecule has 2 N–H and O–H groups in total. The lowest BCUT2D eigenvalue weighted by atomic mass is 10.1. The normalized spacial score (nSPS) is 15.2. The Hall–Kier alpha value is -0.380. The van der Waals surface area contributed by atoms with Gasteiger partial charge in [-0.1, -0.05) is 0 Å². The second-order valence-electron chi connectivity index (χ2n) is 4.12. The van der Waals surface area contributed by atoms with Gasteiger partial charge in [-0.15, -0.1) is 11.3 Å². The van der Waals surface area contributed by atoms with E-state index >= 15 is 0 Å². The number of aryl methyl sites for hydroxylation is 1. The van der Waals surface area contributed by atoms with Gasteiger partial charge in [0.2, 0.25) is 0 Å². The number of hydrogen-bond donors (Lipinski definition) is 2. The van der Waals surface area contributed by atoms with Crippen LogP contribution >= 0.6 is 11.3 Å². The Labute approximate surface area is 96.3 Å². The molecule has 0 aliphatic carbocycles. The van der Waals surface area contributed by atoms with E-state index in [0.717, 1.165) is 12.8 Å². The minimum absolute atomic E-state index is 0.290. The lowest BCUT2D eigenvalue weighted by Crippen LogP contribution is -2.28. The predicted molar refractivity (Wildman–Crippen MR) is 66.4 cm³/mol. The van der Waals surface area contributed by atoms with Crippen molar-refractivity contribution in [2.75, 3.05) is 6.61 Å². The molecule has 1 aromatic rings. The fourth-order valence-corrected chi connectivity index (χ4v) is 2.76. The van der Waals surface area contributed by atoms with Crippen LogP contribution in [-0.4, -0.2) is 17.8 Å². The first kappa shape index (κ1) is 12.7. The minimum Gasteiger partial charge on any atom is -0.396 e. The summed E-state index contributed by atoms with van der Waals surface area (Å²) >= 11 is 1.81. The van der Waals surface area contributed by atoms with Crippen LogP contribution in [0.25, 0.3) is 0 Å². The Morgan fingerprint density at radius 2 is 2.20 bits per heavy atom. The summed E-state index contributed by atoms with van der Waals surface area (Å²) in [6.45, 7) is 6.82. The molecule has 0 spiro atoms. The lowest BCUT2D eigenvalue weighted by Gasteiger charge is -2.19. The van der Waals surface area contributed by atoms with Crippen molar-refractivity contribution < 1.29 is 5.11 Å². The summed E-state index contributed by atoms with van der Waals surface area (Å²) in [5.41, 5.74) is 1.37. The number of nitrogens with one attached hydrogen (secondary N) is 1. The maximum Gasteiger partial charge on any atom is 0.0431 e. The fraction of sp³-hybridized carbons (Fsp3) is 0.667. The van der Waals surface area contributed by atoms with Crippen LogP contribution in [0, 0.1) is 6.92 Å². The second kappa shape index (κ2) is 6.26. The highest BCUT2D eigenvalue weighted by atomic mass is 32.1. The fourth-order valence-electron chi connectivity index (χ4n) is 1.81. The molecule has 0 aliphatic rings. The van der Waals surface area contributed by atoms with Gasteiger partial charge in [-0.3, -0.25) is 0 Å². The van der Waals surface area contributed by atoms with Gasteiger partial charge in [0.1, 0.15) is 0 Å². The van der Waals surface area contributed by atoms with Gasteiger partial charge in [0.15, 0.2) is 0 Å². The van der Waals surface area contributed by atoms with Crippen molar-refractivity contribution in [1.82, 2.24) is 5.32 Å². The minimum atomic E-state index is 0.290. The molecule has 1 rings (SSSR count). The van der Waals surface area contributed by atoms with Gasteiger partial charge in [-0.25, -0.2) is 0 Å². The first-order valence-electron chi connectivity index (χ1n) is 5.56. The largest absolute Gasteiger partial charge is 0.396 e. The van der Waals surface area contributed by atoms with Crippen molar-refractivity contribution >= 4 is 11.3 Å². The predicted octanol–water partition coefficient (Wildman–Crippen LogP) is 2.87. The van der Waals surface area contributed by atoms with E-state index in [1.165, 1.54) is 10.4 Å². The molecule has 2 unspecified atom stereocenters. The molecule has 0 aromatic carbocycles. The zero-order valence-corrected chi connectivity index (χ0v) is 10.6. The van der Waals surface area contributed by atoms with Gasteiger partial charge < -0.3 is 10.4 Å². The third-order valence-electron chi connectivity index (χ3n) is 2.62. The van der Waals surface area contributed by atoms with Gasteiger partial charge in [-0.05, 0) is 50.6 Å². The highest BCUT2D eigenvalue weighted by Gasteiger charge is 2.12. The number of aliphatic hydroxyl groups excluding tert-OH is 1. The van der Waals surface area contributed by atoms with Crippen LogP contribution in [0.1, 0.15) is 43.2 Å². The molecule has 0 saturated heterocycles. The molecule has 0 fully saturated rings. The average molecular weight is 227 g/mol. The third kappa shape index (κ3) is 3.93.